The second-order valence-corrected chi connectivity index (χ2v) is 7.33. The van der Waals surface area contributed by atoms with Crippen LogP contribution in [-0.2, 0) is 4.79 Å². The lowest BCUT2D eigenvalue weighted by Gasteiger charge is -2.18. The van der Waals surface area contributed by atoms with Gasteiger partial charge in [0.25, 0.3) is 5.91 Å². The quantitative estimate of drug-likeness (QED) is 0.495. The van der Waals surface area contributed by atoms with Gasteiger partial charge in [-0.2, -0.15) is 0 Å². The number of nitrogens with one attached hydrogen (secondary N) is 2. The van der Waals surface area contributed by atoms with Gasteiger partial charge in [-0.25, -0.2) is 0 Å². The summed E-state index contributed by atoms with van der Waals surface area (Å²) in [5, 5.41) is 6.03. The number of hydrogen-bond donors (Lipinski definition) is 2. The predicted molar refractivity (Wildman–Crippen MR) is 120 cm³/mol. The fraction of sp³-hybridized carbons (Fsp3) is 0.391. The summed E-state index contributed by atoms with van der Waals surface area (Å²) in [7, 11) is 0. The van der Waals surface area contributed by atoms with Crippen molar-refractivity contribution < 1.29 is 19.1 Å². The Bertz CT molecular complexity index is 886. The highest BCUT2D eigenvalue weighted by Gasteiger charge is 2.18. The zero-order valence-corrected chi connectivity index (χ0v) is 18.6. The molecule has 7 heteroatoms. The monoisotopic (exact) mass is 432 g/mol. The normalized spacial score (nSPS) is 11.5. The minimum absolute atomic E-state index is 0.150. The van der Waals surface area contributed by atoms with Crippen molar-refractivity contribution in [3.05, 3.63) is 52.5 Å². The Labute approximate surface area is 182 Å². The van der Waals surface area contributed by atoms with Crippen molar-refractivity contribution >= 4 is 29.1 Å². The SMILES string of the molecule is CCCCOc1c(Cl)cc(C(=O)NC(C)c2cccc(NC(C)=O)c2)cc1OCC. The molecule has 2 aromatic rings. The minimum Gasteiger partial charge on any atom is -0.490 e. The highest BCUT2D eigenvalue weighted by Crippen LogP contribution is 2.37. The van der Waals surface area contributed by atoms with Gasteiger partial charge in [-0.05, 0) is 50.1 Å². The second-order valence-electron chi connectivity index (χ2n) is 6.92. The number of ether oxygens (including phenoxy) is 2. The number of benzene rings is 2. The molecule has 0 bridgehead atoms. The lowest BCUT2D eigenvalue weighted by atomic mass is 10.1. The van der Waals surface area contributed by atoms with Crippen LogP contribution in [0.5, 0.6) is 11.5 Å². The van der Waals surface area contributed by atoms with Crippen LogP contribution < -0.4 is 20.1 Å². The summed E-state index contributed by atoms with van der Waals surface area (Å²) in [6, 6.07) is 10.3. The fourth-order valence-corrected chi connectivity index (χ4v) is 3.14. The van der Waals surface area contributed by atoms with Crippen LogP contribution in [-0.4, -0.2) is 25.0 Å². The molecule has 2 amide bonds. The summed E-state index contributed by atoms with van der Waals surface area (Å²) in [4.78, 5) is 24.1. The first-order valence-corrected chi connectivity index (χ1v) is 10.5. The molecule has 0 radical (unpaired) electrons. The Kier molecular flexibility index (Phi) is 8.99. The van der Waals surface area contributed by atoms with Gasteiger partial charge in [-0.1, -0.05) is 37.1 Å². The molecule has 0 aliphatic carbocycles. The summed E-state index contributed by atoms with van der Waals surface area (Å²) in [5.74, 6) is 0.477. The molecule has 0 aromatic heterocycles. The van der Waals surface area contributed by atoms with Gasteiger partial charge in [-0.15, -0.1) is 0 Å². The van der Waals surface area contributed by atoms with Crippen molar-refractivity contribution in [2.24, 2.45) is 0 Å². The number of halogens is 1. The van der Waals surface area contributed by atoms with Crippen LogP contribution in [0.3, 0.4) is 0 Å². The molecule has 6 nitrogen and oxygen atoms in total. The summed E-state index contributed by atoms with van der Waals surface area (Å²) in [6.45, 7) is 8.22. The van der Waals surface area contributed by atoms with E-state index in [-0.39, 0.29) is 17.9 Å². The molecule has 0 aliphatic heterocycles. The van der Waals surface area contributed by atoms with Gasteiger partial charge in [0.1, 0.15) is 0 Å². The summed E-state index contributed by atoms with van der Waals surface area (Å²) >= 11 is 6.39. The third-order valence-electron chi connectivity index (χ3n) is 4.37. The van der Waals surface area contributed by atoms with E-state index in [2.05, 4.69) is 17.6 Å². The molecule has 1 unspecified atom stereocenters. The lowest BCUT2D eigenvalue weighted by molar-refractivity contribution is -0.114. The van der Waals surface area contributed by atoms with Crippen LogP contribution >= 0.6 is 11.6 Å². The first-order valence-electron chi connectivity index (χ1n) is 10.1. The van der Waals surface area contributed by atoms with Gasteiger partial charge in [0.2, 0.25) is 5.91 Å². The first-order chi connectivity index (χ1) is 14.3. The van der Waals surface area contributed by atoms with E-state index in [4.69, 9.17) is 21.1 Å². The Morgan fingerprint density at radius 3 is 2.57 bits per heavy atom. The minimum atomic E-state index is -0.282. The van der Waals surface area contributed by atoms with Gasteiger partial charge in [0, 0.05) is 18.2 Å². The zero-order chi connectivity index (χ0) is 22.1. The van der Waals surface area contributed by atoms with Gasteiger partial charge in [-0.3, -0.25) is 9.59 Å². The van der Waals surface area contributed by atoms with Crippen LogP contribution in [0.25, 0.3) is 0 Å². The fourth-order valence-electron chi connectivity index (χ4n) is 2.87. The maximum absolute atomic E-state index is 12.8. The lowest BCUT2D eigenvalue weighted by Crippen LogP contribution is -2.26. The Balaban J connectivity index is 2.18. The van der Waals surface area contributed by atoms with E-state index in [1.165, 1.54) is 6.92 Å². The molecular weight excluding hydrogens is 404 g/mol. The summed E-state index contributed by atoms with van der Waals surface area (Å²) < 4.78 is 11.4. The van der Waals surface area contributed by atoms with E-state index in [1.54, 1.807) is 18.2 Å². The van der Waals surface area contributed by atoms with Crippen molar-refractivity contribution in [2.45, 2.75) is 46.6 Å². The zero-order valence-electron chi connectivity index (χ0n) is 17.9. The van der Waals surface area contributed by atoms with Crippen LogP contribution in [0, 0.1) is 0 Å². The van der Waals surface area contributed by atoms with Crippen LogP contribution in [0.4, 0.5) is 5.69 Å². The Hall–Kier alpha value is -2.73. The molecule has 0 fully saturated rings. The van der Waals surface area contributed by atoms with Crippen LogP contribution in [0.15, 0.2) is 36.4 Å². The van der Waals surface area contributed by atoms with Crippen molar-refractivity contribution in [3.8, 4) is 11.5 Å². The van der Waals surface area contributed by atoms with E-state index in [0.717, 1.165) is 18.4 Å². The molecule has 162 valence electrons. The third-order valence-corrected chi connectivity index (χ3v) is 4.65. The van der Waals surface area contributed by atoms with Crippen LogP contribution in [0.1, 0.15) is 62.5 Å². The summed E-state index contributed by atoms with van der Waals surface area (Å²) in [6.07, 6.45) is 1.91. The molecule has 0 aliphatic rings. The molecule has 0 saturated carbocycles. The van der Waals surface area contributed by atoms with Crippen LogP contribution in [0.2, 0.25) is 5.02 Å². The molecule has 0 heterocycles. The highest BCUT2D eigenvalue weighted by atomic mass is 35.5. The predicted octanol–water partition coefficient (Wildman–Crippen LogP) is 5.37. The van der Waals surface area contributed by atoms with Crippen molar-refractivity contribution in [1.82, 2.24) is 5.32 Å². The maximum atomic E-state index is 12.8. The van der Waals surface area contributed by atoms with Gasteiger partial charge in [0.15, 0.2) is 11.5 Å². The van der Waals surface area contributed by atoms with E-state index >= 15 is 0 Å². The average molecular weight is 433 g/mol. The largest absolute Gasteiger partial charge is 0.490 e. The smallest absolute Gasteiger partial charge is 0.251 e. The van der Waals surface area contributed by atoms with Crippen molar-refractivity contribution in [3.63, 3.8) is 0 Å². The van der Waals surface area contributed by atoms with E-state index in [1.807, 2.05) is 32.0 Å². The number of hydrogen-bond acceptors (Lipinski definition) is 4. The topological polar surface area (TPSA) is 76.7 Å². The molecule has 1 atom stereocenters. The molecule has 30 heavy (non-hydrogen) atoms. The molecule has 0 spiro atoms. The van der Waals surface area contributed by atoms with Gasteiger partial charge in [0.05, 0.1) is 24.3 Å². The van der Waals surface area contributed by atoms with Crippen molar-refractivity contribution in [1.29, 1.82) is 0 Å². The maximum Gasteiger partial charge on any atom is 0.251 e. The molecule has 2 aromatic carbocycles. The highest BCUT2D eigenvalue weighted by molar-refractivity contribution is 6.32. The number of carbonyl (C=O) groups excluding carboxylic acids is 2. The van der Waals surface area contributed by atoms with E-state index in [9.17, 15) is 9.59 Å². The Morgan fingerprint density at radius 2 is 1.90 bits per heavy atom. The van der Waals surface area contributed by atoms with Gasteiger partial charge < -0.3 is 20.1 Å². The standard InChI is InChI=1S/C23H29ClN2O4/c1-5-7-11-30-22-20(24)13-18(14-21(22)29-6-2)23(28)25-15(3)17-9-8-10-19(12-17)26-16(4)27/h8-10,12-15H,5-7,11H2,1-4H3,(H,25,28)(H,26,27). The van der Waals surface area contributed by atoms with Gasteiger partial charge >= 0.3 is 0 Å². The first kappa shape index (κ1) is 23.5. The molecule has 0 saturated heterocycles. The molecular formula is C23H29ClN2O4. The number of anilines is 1. The number of rotatable bonds is 10. The number of amides is 2. The van der Waals surface area contributed by atoms with E-state index < -0.39 is 0 Å². The number of carbonyl (C=O) groups is 2. The number of unbranched alkanes of at least 4 members (excludes halogenated alkanes) is 1. The average Bonchev–Trinajstić information content (AvgIpc) is 2.69. The third kappa shape index (κ3) is 6.66. The second kappa shape index (κ2) is 11.5. The van der Waals surface area contributed by atoms with Crippen molar-refractivity contribution in [2.75, 3.05) is 18.5 Å². The van der Waals surface area contributed by atoms with E-state index in [0.29, 0.717) is 41.0 Å². The summed E-state index contributed by atoms with van der Waals surface area (Å²) in [5.41, 5.74) is 1.93. The Morgan fingerprint density at radius 1 is 1.13 bits per heavy atom. The molecule has 2 N–H and O–H groups in total. The molecule has 2 rings (SSSR count).